The molecule has 0 aliphatic rings. The summed E-state index contributed by atoms with van der Waals surface area (Å²) in [6, 6.07) is -1.44. The van der Waals surface area contributed by atoms with Gasteiger partial charge in [0.05, 0.1) is 0 Å². The van der Waals surface area contributed by atoms with Crippen molar-refractivity contribution in [2.75, 3.05) is 14.2 Å². The summed E-state index contributed by atoms with van der Waals surface area (Å²) in [5, 5.41) is 17.2. The van der Waals surface area contributed by atoms with Crippen molar-refractivity contribution < 1.29 is 29.3 Å². The van der Waals surface area contributed by atoms with E-state index in [0.717, 1.165) is 7.11 Å². The molecule has 0 aromatic rings. The van der Waals surface area contributed by atoms with Crippen LogP contribution in [0.15, 0.2) is 0 Å². The zero-order valence-electron chi connectivity index (χ0n) is 7.84. The van der Waals surface area contributed by atoms with Gasteiger partial charge in [0.15, 0.2) is 6.10 Å². The first-order valence-corrected chi connectivity index (χ1v) is 3.72. The van der Waals surface area contributed by atoms with Gasteiger partial charge in [-0.3, -0.25) is 4.79 Å². The van der Waals surface area contributed by atoms with E-state index in [1.165, 1.54) is 7.11 Å². The van der Waals surface area contributed by atoms with E-state index in [9.17, 15) is 9.59 Å². The van der Waals surface area contributed by atoms with Crippen LogP contribution in [0.2, 0.25) is 0 Å². The van der Waals surface area contributed by atoms with Crippen molar-refractivity contribution in [1.82, 2.24) is 0 Å². The number of nitrogens with two attached hydrogens (primary N) is 1. The molecule has 0 radical (unpaired) electrons. The Labute approximate surface area is 80.4 Å². The van der Waals surface area contributed by atoms with Crippen LogP contribution in [-0.2, 0) is 19.1 Å². The molecule has 7 nitrogen and oxygen atoms in total. The summed E-state index contributed by atoms with van der Waals surface area (Å²) in [4.78, 5) is 21.1. The maximum Gasteiger partial charge on any atom is 0.335 e. The molecule has 4 N–H and O–H groups in total. The number of ether oxygens (including phenoxy) is 2. The van der Waals surface area contributed by atoms with Crippen LogP contribution in [0.1, 0.15) is 0 Å². The van der Waals surface area contributed by atoms with Gasteiger partial charge in [0.1, 0.15) is 12.1 Å². The summed E-state index contributed by atoms with van der Waals surface area (Å²) in [5.41, 5.74) is 5.22. The molecule has 0 heterocycles. The zero-order valence-corrected chi connectivity index (χ0v) is 7.84. The number of hydrogen-bond donors (Lipinski definition) is 3. The van der Waals surface area contributed by atoms with Gasteiger partial charge in [0.25, 0.3) is 0 Å². The molecule has 0 saturated carbocycles. The third-order valence-corrected chi connectivity index (χ3v) is 1.71. The Kier molecular flexibility index (Phi) is 5.06. The second-order valence-corrected chi connectivity index (χ2v) is 2.56. The second kappa shape index (κ2) is 5.53. The average Bonchev–Trinajstić information content (AvgIpc) is 2.11. The van der Waals surface area contributed by atoms with Crippen LogP contribution >= 0.6 is 0 Å². The largest absolute Gasteiger partial charge is 0.480 e. The maximum atomic E-state index is 10.6. The van der Waals surface area contributed by atoms with Crippen molar-refractivity contribution >= 4 is 11.9 Å². The van der Waals surface area contributed by atoms with Gasteiger partial charge in [-0.25, -0.2) is 4.79 Å². The number of methoxy groups -OCH3 is 2. The van der Waals surface area contributed by atoms with Crippen LogP contribution in [-0.4, -0.2) is 54.6 Å². The predicted octanol–water partition coefficient (Wildman–Crippen LogP) is -1.49. The van der Waals surface area contributed by atoms with Gasteiger partial charge in [-0.2, -0.15) is 0 Å². The Hall–Kier alpha value is -1.18. The second-order valence-electron chi connectivity index (χ2n) is 2.56. The van der Waals surface area contributed by atoms with Gasteiger partial charge >= 0.3 is 11.9 Å². The van der Waals surface area contributed by atoms with Crippen molar-refractivity contribution in [1.29, 1.82) is 0 Å². The molecule has 0 aliphatic heterocycles. The smallest absolute Gasteiger partial charge is 0.335 e. The average molecular weight is 207 g/mol. The molecule has 0 rings (SSSR count). The fourth-order valence-corrected chi connectivity index (χ4v) is 0.975. The van der Waals surface area contributed by atoms with Gasteiger partial charge < -0.3 is 25.4 Å². The molecule has 0 bridgehead atoms. The molecule has 7 heteroatoms. The molecule has 0 amide bonds. The lowest BCUT2D eigenvalue weighted by molar-refractivity contribution is -0.162. The van der Waals surface area contributed by atoms with Crippen molar-refractivity contribution in [2.45, 2.75) is 18.2 Å². The van der Waals surface area contributed by atoms with Crippen LogP contribution in [0, 0.1) is 0 Å². The van der Waals surface area contributed by atoms with Gasteiger partial charge in [0.2, 0.25) is 0 Å². The Morgan fingerprint density at radius 1 is 1.14 bits per heavy atom. The quantitative estimate of drug-likeness (QED) is 0.485. The first kappa shape index (κ1) is 12.8. The SMILES string of the molecule is CO[C@@H]([C@H](N)C(=O)O)[C@H](OC)C(=O)O. The molecular weight excluding hydrogens is 194 g/mol. The van der Waals surface area contributed by atoms with Crippen LogP contribution in [0.5, 0.6) is 0 Å². The van der Waals surface area contributed by atoms with Gasteiger partial charge in [0, 0.05) is 14.2 Å². The Morgan fingerprint density at radius 3 is 1.86 bits per heavy atom. The molecular formula is C7H13NO6. The molecule has 0 unspecified atom stereocenters. The van der Waals surface area contributed by atoms with E-state index >= 15 is 0 Å². The fourth-order valence-electron chi connectivity index (χ4n) is 0.975. The summed E-state index contributed by atoms with van der Waals surface area (Å²) < 4.78 is 9.24. The number of carboxylic acids is 2. The molecule has 0 spiro atoms. The molecule has 0 aromatic heterocycles. The lowest BCUT2D eigenvalue weighted by atomic mass is 10.1. The highest BCUT2D eigenvalue weighted by Gasteiger charge is 2.36. The number of carbonyl (C=O) groups is 2. The van der Waals surface area contributed by atoms with Crippen molar-refractivity contribution in [3.63, 3.8) is 0 Å². The lowest BCUT2D eigenvalue weighted by Crippen LogP contribution is -2.52. The normalized spacial score (nSPS) is 17.1. The molecule has 3 atom stereocenters. The van der Waals surface area contributed by atoms with E-state index in [1.54, 1.807) is 0 Å². The number of rotatable bonds is 6. The predicted molar refractivity (Wildman–Crippen MR) is 44.8 cm³/mol. The minimum atomic E-state index is -1.44. The standard InChI is InChI=1S/C7H13NO6/c1-13-4(3(8)6(9)10)5(14-2)7(11)12/h3-5H,8H2,1-2H3,(H,9,10)(H,11,12)/t3-,4-,5-/m0/s1. The Morgan fingerprint density at radius 2 is 1.64 bits per heavy atom. The van der Waals surface area contributed by atoms with E-state index in [1.807, 2.05) is 0 Å². The highest BCUT2D eigenvalue weighted by Crippen LogP contribution is 2.07. The highest BCUT2D eigenvalue weighted by molar-refractivity contribution is 5.78. The number of carboxylic acid groups (broad SMARTS) is 2. The molecule has 0 aromatic carbocycles. The van der Waals surface area contributed by atoms with Gasteiger partial charge in [-0.15, -0.1) is 0 Å². The van der Waals surface area contributed by atoms with Crippen molar-refractivity contribution in [2.24, 2.45) is 5.73 Å². The van der Waals surface area contributed by atoms with Crippen LogP contribution < -0.4 is 5.73 Å². The molecule has 0 aliphatic carbocycles. The molecule has 14 heavy (non-hydrogen) atoms. The number of aliphatic carboxylic acids is 2. The van der Waals surface area contributed by atoms with Crippen molar-refractivity contribution in [3.8, 4) is 0 Å². The molecule has 0 saturated heterocycles. The van der Waals surface area contributed by atoms with E-state index in [0.29, 0.717) is 0 Å². The summed E-state index contributed by atoms with van der Waals surface area (Å²) in [7, 11) is 2.31. The van der Waals surface area contributed by atoms with Crippen molar-refractivity contribution in [3.05, 3.63) is 0 Å². The summed E-state index contributed by atoms with van der Waals surface area (Å²) in [6.07, 6.45) is -2.62. The van der Waals surface area contributed by atoms with Crippen LogP contribution in [0.25, 0.3) is 0 Å². The van der Waals surface area contributed by atoms with E-state index in [-0.39, 0.29) is 0 Å². The third-order valence-electron chi connectivity index (χ3n) is 1.71. The van der Waals surface area contributed by atoms with Crippen LogP contribution in [0.3, 0.4) is 0 Å². The van der Waals surface area contributed by atoms with Crippen LogP contribution in [0.4, 0.5) is 0 Å². The zero-order chi connectivity index (χ0) is 11.3. The summed E-state index contributed by atoms with van der Waals surface area (Å²) in [5.74, 6) is -2.67. The molecule has 82 valence electrons. The van der Waals surface area contributed by atoms with E-state index in [4.69, 9.17) is 15.9 Å². The summed E-state index contributed by atoms with van der Waals surface area (Å²) in [6.45, 7) is 0. The summed E-state index contributed by atoms with van der Waals surface area (Å²) >= 11 is 0. The molecule has 0 fully saturated rings. The highest BCUT2D eigenvalue weighted by atomic mass is 16.5. The van der Waals surface area contributed by atoms with Gasteiger partial charge in [-0.1, -0.05) is 0 Å². The Balaban J connectivity index is 4.67. The first-order chi connectivity index (χ1) is 6.45. The topological polar surface area (TPSA) is 119 Å². The minimum absolute atomic E-state index is 1.14. The van der Waals surface area contributed by atoms with Gasteiger partial charge in [-0.05, 0) is 0 Å². The fraction of sp³-hybridized carbons (Fsp3) is 0.714. The number of hydrogen-bond acceptors (Lipinski definition) is 5. The Bertz CT molecular complexity index is 218. The van der Waals surface area contributed by atoms with E-state index in [2.05, 4.69) is 9.47 Å². The first-order valence-electron chi connectivity index (χ1n) is 3.72. The maximum absolute atomic E-state index is 10.6. The van der Waals surface area contributed by atoms with E-state index < -0.39 is 30.2 Å². The lowest BCUT2D eigenvalue weighted by Gasteiger charge is -2.24. The third kappa shape index (κ3) is 2.95. The monoisotopic (exact) mass is 207 g/mol. The minimum Gasteiger partial charge on any atom is -0.480 e.